The zero-order valence-corrected chi connectivity index (χ0v) is 32.8. The van der Waals surface area contributed by atoms with E-state index in [0.717, 1.165) is 94.3 Å². The predicted octanol–water partition coefficient (Wildman–Crippen LogP) is 1.60. The molecule has 13 nitrogen and oxygen atoms in total. The second-order valence-electron chi connectivity index (χ2n) is 12.1. The van der Waals surface area contributed by atoms with Crippen molar-refractivity contribution in [3.05, 3.63) is 57.3 Å². The lowest BCUT2D eigenvalue weighted by molar-refractivity contribution is -0.0000255. The molecule has 0 saturated carbocycles. The van der Waals surface area contributed by atoms with Gasteiger partial charge in [-0.1, -0.05) is 0 Å². The summed E-state index contributed by atoms with van der Waals surface area (Å²) in [6.07, 6.45) is 4.03. The smallest absolute Gasteiger partial charge is 0.523 e. The minimum atomic E-state index is -0.915. The Kier molecular flexibility index (Phi) is 13.9. The van der Waals surface area contributed by atoms with Gasteiger partial charge < -0.3 is 47.4 Å². The first kappa shape index (κ1) is 38.3. The molecule has 48 heavy (non-hydrogen) atoms. The second-order valence-corrected chi connectivity index (χ2v) is 16.7. The zero-order chi connectivity index (χ0) is 33.7. The van der Waals surface area contributed by atoms with Crippen molar-refractivity contribution in [2.24, 2.45) is 0 Å². The first-order valence-electron chi connectivity index (χ1n) is 15.5. The van der Waals surface area contributed by atoms with Crippen LogP contribution in [-0.2, 0) is 51.9 Å². The van der Waals surface area contributed by atoms with Gasteiger partial charge in [0.15, 0.2) is 10.8 Å². The van der Waals surface area contributed by atoms with E-state index >= 15 is 0 Å². The van der Waals surface area contributed by atoms with Gasteiger partial charge in [-0.3, -0.25) is 0 Å². The van der Waals surface area contributed by atoms with Crippen LogP contribution in [-0.4, -0.2) is 105 Å². The minimum Gasteiger partial charge on any atom is -1.00 e. The number of rotatable bonds is 1. The van der Waals surface area contributed by atoms with E-state index in [9.17, 15) is 4.79 Å². The molecule has 0 amide bonds. The van der Waals surface area contributed by atoms with E-state index < -0.39 is 5.97 Å². The Morgan fingerprint density at radius 2 is 1.10 bits per heavy atom. The summed E-state index contributed by atoms with van der Waals surface area (Å²) in [7, 11) is 8.40. The van der Waals surface area contributed by atoms with Crippen LogP contribution in [0.5, 0.6) is 0 Å². The number of diazo groups is 1. The van der Waals surface area contributed by atoms with Crippen LogP contribution in [0.4, 0.5) is 10.3 Å². The second kappa shape index (κ2) is 17.5. The molecular weight excluding hydrogens is 755 g/mol. The number of carboxylic acids is 1. The van der Waals surface area contributed by atoms with E-state index in [1.54, 1.807) is 11.3 Å². The Bertz CT molecular complexity index is 1670. The summed E-state index contributed by atoms with van der Waals surface area (Å²) in [5.41, 5.74) is 10.2. The van der Waals surface area contributed by atoms with Crippen molar-refractivity contribution in [3.63, 3.8) is 0 Å². The third-order valence-electron chi connectivity index (χ3n) is 8.07. The monoisotopic (exact) mass is 795 g/mol. The van der Waals surface area contributed by atoms with Crippen molar-refractivity contribution < 1.29 is 26.9 Å². The summed E-state index contributed by atoms with van der Waals surface area (Å²) in [5, 5.41) is 19.9. The van der Waals surface area contributed by atoms with Crippen LogP contribution < -0.4 is 22.7 Å². The highest BCUT2D eigenvalue weighted by molar-refractivity contribution is 7.16. The molecule has 3 N–H and O–H groups in total. The van der Waals surface area contributed by atoms with Crippen LogP contribution >= 0.6 is 45.3 Å². The molecule has 0 radical (unpaired) electrons. The van der Waals surface area contributed by atoms with E-state index in [1.165, 1.54) is 53.7 Å². The molecular formula is C30H42BrN11O2S4. The van der Waals surface area contributed by atoms with Crippen LogP contribution in [0.25, 0.3) is 4.98 Å². The Hall–Kier alpha value is -2.47. The summed E-state index contributed by atoms with van der Waals surface area (Å²) in [4.78, 5) is 44.9. The summed E-state index contributed by atoms with van der Waals surface area (Å²) in [6, 6.07) is 0. The normalized spacial score (nSPS) is 17.2. The highest BCUT2D eigenvalue weighted by atomic mass is 79.9. The fourth-order valence-corrected chi connectivity index (χ4v) is 9.58. The van der Waals surface area contributed by atoms with Crippen LogP contribution in [0.2, 0.25) is 0 Å². The number of anilines is 1. The number of nitrogens with zero attached hydrogens (tertiary/aromatic N) is 10. The first-order valence-corrected chi connectivity index (χ1v) is 18.7. The van der Waals surface area contributed by atoms with E-state index in [1.807, 2.05) is 18.4 Å². The average Bonchev–Trinajstić information content (AvgIpc) is 3.80. The molecule has 4 aromatic rings. The molecule has 0 aromatic carbocycles. The molecule has 0 saturated heterocycles. The molecule has 0 atom stereocenters. The number of thiazole rings is 4. The molecule has 0 aliphatic carbocycles. The molecule has 260 valence electrons. The van der Waals surface area contributed by atoms with Gasteiger partial charge >= 0.3 is 11.1 Å². The van der Waals surface area contributed by atoms with E-state index in [0.29, 0.717) is 10.3 Å². The fourth-order valence-electron chi connectivity index (χ4n) is 5.56. The number of aromatic carboxylic acids is 1. The summed E-state index contributed by atoms with van der Waals surface area (Å²) in [6.45, 7) is 10.3. The summed E-state index contributed by atoms with van der Waals surface area (Å²) < 4.78 is 0. The molecule has 0 bridgehead atoms. The number of fused-ring (bicyclic) bond motifs is 4. The van der Waals surface area contributed by atoms with Gasteiger partial charge in [0.25, 0.3) is 0 Å². The Labute approximate surface area is 307 Å². The van der Waals surface area contributed by atoms with Crippen LogP contribution in [0.15, 0.2) is 0 Å². The third kappa shape index (κ3) is 10.3. The molecule has 4 aromatic heterocycles. The number of aromatic nitrogens is 4. The van der Waals surface area contributed by atoms with Gasteiger partial charge in [-0.15, -0.1) is 34.0 Å². The Balaban J connectivity index is 0.000000144. The van der Waals surface area contributed by atoms with Crippen molar-refractivity contribution >= 4 is 61.6 Å². The van der Waals surface area contributed by atoms with Crippen molar-refractivity contribution in [1.29, 1.82) is 5.39 Å². The SMILES string of the molecule is CN1CCc2nc(C(=O)O)sc2C1.CN1CCc2nc(N)sc2C1.CN1CCc2nc([N+]#N)sc2C1.Cc1nc2c(s1)CN(C)CC2.[Br-]. The number of nitrogen functional groups attached to an aromatic ring is 1. The van der Waals surface area contributed by atoms with Gasteiger partial charge in [-0.05, 0) is 51.4 Å². The van der Waals surface area contributed by atoms with E-state index in [-0.39, 0.29) is 22.0 Å². The number of hydrogen-bond acceptors (Lipinski definition) is 15. The predicted molar refractivity (Wildman–Crippen MR) is 189 cm³/mol. The maximum absolute atomic E-state index is 10.6. The number of carbonyl (C=O) groups is 1. The standard InChI is InChI=1S/C8H10N2O2S.C8H12N2S.C7H9N4S.C7H11N3S.BrH/c1-10-3-2-5-6(4-10)13-7(9-5)8(11)12;1-6-9-7-3-4-10(2)5-8(7)11-6;1-11-3-2-5-6(4-11)12-7(9-5)10-8;1-10-3-2-5-6(4-10)11-7(8)9-5;/h2-4H2,1H3,(H,11,12);3-5H2,1-2H3;2-4H2,1H3;2-4H2,1H3,(H2,8,9);1H/q;;+1;;/p-1. The Morgan fingerprint density at radius 3 is 1.60 bits per heavy atom. The summed E-state index contributed by atoms with van der Waals surface area (Å²) in [5.74, 6) is -0.915. The number of aryl methyl sites for hydroxylation is 1. The maximum Gasteiger partial charge on any atom is 0.523 e. The number of carboxylic acid groups (broad SMARTS) is 1. The number of halogens is 1. The van der Waals surface area contributed by atoms with E-state index in [2.05, 4.69) is 72.6 Å². The van der Waals surface area contributed by atoms with Gasteiger partial charge in [-0.25, -0.2) is 19.7 Å². The Morgan fingerprint density at radius 1 is 0.688 bits per heavy atom. The van der Waals surface area contributed by atoms with Gasteiger partial charge in [0, 0.05) is 97.6 Å². The number of likely N-dealkylation sites (N-methyl/N-ethyl adjacent to an activating group) is 4. The lowest BCUT2D eigenvalue weighted by Gasteiger charge is -2.20. The fraction of sp³-hybridized carbons (Fsp3) is 0.567. The zero-order valence-electron chi connectivity index (χ0n) is 27.9. The highest BCUT2D eigenvalue weighted by Gasteiger charge is 2.26. The minimum absolute atomic E-state index is 0. The van der Waals surface area contributed by atoms with Crippen molar-refractivity contribution in [3.8, 4) is 0 Å². The summed E-state index contributed by atoms with van der Waals surface area (Å²) >= 11 is 6.22. The van der Waals surface area contributed by atoms with Gasteiger partial charge in [0.2, 0.25) is 5.01 Å². The quantitative estimate of drug-likeness (QED) is 0.269. The van der Waals surface area contributed by atoms with Gasteiger partial charge in [0.1, 0.15) is 0 Å². The lowest BCUT2D eigenvalue weighted by atomic mass is 10.2. The first-order chi connectivity index (χ1) is 22.5. The van der Waals surface area contributed by atoms with E-state index in [4.69, 9.17) is 16.2 Å². The molecule has 0 fully saturated rings. The molecule has 4 aliphatic rings. The van der Waals surface area contributed by atoms with Crippen LogP contribution in [0.1, 0.15) is 57.1 Å². The van der Waals surface area contributed by atoms with Crippen LogP contribution in [0.3, 0.4) is 0 Å². The van der Waals surface area contributed by atoms with Crippen LogP contribution in [0, 0.1) is 12.3 Å². The molecule has 0 spiro atoms. The number of nitrogens with two attached hydrogens (primary N) is 1. The number of hydrogen-bond donors (Lipinski definition) is 2. The van der Waals surface area contributed by atoms with Crippen molar-refractivity contribution in [1.82, 2.24) is 39.5 Å². The maximum atomic E-state index is 10.6. The largest absolute Gasteiger partial charge is 1.00 e. The van der Waals surface area contributed by atoms with Gasteiger partial charge in [-0.2, -0.15) is 0 Å². The molecule has 8 heterocycles. The lowest BCUT2D eigenvalue weighted by Crippen LogP contribution is -3.00. The topological polar surface area (TPSA) is 156 Å². The molecule has 0 unspecified atom stereocenters. The molecule has 18 heteroatoms. The van der Waals surface area contributed by atoms with Crippen molar-refractivity contribution in [2.75, 3.05) is 60.1 Å². The third-order valence-corrected chi connectivity index (χ3v) is 12.0. The molecule has 4 aliphatic heterocycles. The van der Waals surface area contributed by atoms with Gasteiger partial charge in [0.05, 0.1) is 32.4 Å². The van der Waals surface area contributed by atoms with Crippen molar-refractivity contribution in [2.45, 2.75) is 58.8 Å². The highest BCUT2D eigenvalue weighted by Crippen LogP contribution is 2.29. The molecule has 8 rings (SSSR count). The average molecular weight is 797 g/mol.